The molecule has 1 spiro atoms. The largest absolute Gasteiger partial charge is 0.497 e. The third-order valence-corrected chi connectivity index (χ3v) is 6.79. The maximum Gasteiger partial charge on any atom is 0.287 e. The molecule has 2 saturated heterocycles. The predicted octanol–water partition coefficient (Wildman–Crippen LogP) is 2.33. The molecule has 34 heavy (non-hydrogen) atoms. The van der Waals surface area contributed by atoms with E-state index in [4.69, 9.17) is 13.9 Å². The number of ether oxygens (including phenoxy) is 2. The normalized spacial score (nSPS) is 17.9. The Hall–Kier alpha value is -3.49. The zero-order valence-electron chi connectivity index (χ0n) is 19.6. The van der Waals surface area contributed by atoms with Crippen molar-refractivity contribution in [3.8, 4) is 11.5 Å². The highest BCUT2D eigenvalue weighted by atomic mass is 16.5. The summed E-state index contributed by atoms with van der Waals surface area (Å²) in [6.07, 6.45) is 3.43. The van der Waals surface area contributed by atoms with E-state index in [0.717, 1.165) is 25.0 Å². The highest BCUT2D eigenvalue weighted by Gasteiger charge is 2.43. The molecule has 0 saturated carbocycles. The van der Waals surface area contributed by atoms with Crippen molar-refractivity contribution in [1.29, 1.82) is 0 Å². The van der Waals surface area contributed by atoms with E-state index in [2.05, 4.69) is 5.32 Å². The lowest BCUT2D eigenvalue weighted by Crippen LogP contribution is -2.48. The first kappa shape index (κ1) is 23.7. The minimum atomic E-state index is -0.581. The van der Waals surface area contributed by atoms with Gasteiger partial charge < -0.3 is 29.0 Å². The Morgan fingerprint density at radius 1 is 1.03 bits per heavy atom. The van der Waals surface area contributed by atoms with Gasteiger partial charge in [0.2, 0.25) is 5.91 Å². The maximum absolute atomic E-state index is 13.0. The number of hydrogen-bond donors (Lipinski definition) is 1. The van der Waals surface area contributed by atoms with Crippen LogP contribution in [-0.2, 0) is 9.59 Å². The molecular weight excluding hydrogens is 438 g/mol. The standard InChI is InChI=1S/C25H31N3O6/c1-18(34-20-7-5-19(32-2)6-8-20)24(31)28-14-11-25(17-28)9-12-27(13-10-25)22(29)16-26-23(30)21-4-3-15-33-21/h3-8,15,18H,9-14,16-17H2,1-2H3,(H,26,30). The molecule has 9 heteroatoms. The summed E-state index contributed by atoms with van der Waals surface area (Å²) in [6.45, 7) is 4.33. The van der Waals surface area contributed by atoms with Crippen LogP contribution in [0.2, 0.25) is 0 Å². The first-order valence-corrected chi connectivity index (χ1v) is 11.6. The molecule has 182 valence electrons. The third-order valence-electron chi connectivity index (χ3n) is 6.79. The summed E-state index contributed by atoms with van der Waals surface area (Å²) < 4.78 is 16.0. The summed E-state index contributed by atoms with van der Waals surface area (Å²) in [5, 5.41) is 2.61. The molecule has 0 bridgehead atoms. The molecule has 2 aliphatic heterocycles. The average molecular weight is 470 g/mol. The number of carbonyl (C=O) groups excluding carboxylic acids is 3. The van der Waals surface area contributed by atoms with Gasteiger partial charge in [-0.3, -0.25) is 14.4 Å². The maximum atomic E-state index is 13.0. The fourth-order valence-corrected chi connectivity index (χ4v) is 4.69. The van der Waals surface area contributed by atoms with Gasteiger partial charge in [0.05, 0.1) is 19.9 Å². The number of methoxy groups -OCH3 is 1. The molecule has 1 unspecified atom stereocenters. The minimum Gasteiger partial charge on any atom is -0.497 e. The van der Waals surface area contributed by atoms with E-state index in [1.54, 1.807) is 55.3 Å². The van der Waals surface area contributed by atoms with Crippen LogP contribution in [0.4, 0.5) is 0 Å². The molecule has 1 aromatic heterocycles. The van der Waals surface area contributed by atoms with Crippen molar-refractivity contribution >= 4 is 17.7 Å². The number of carbonyl (C=O) groups is 3. The van der Waals surface area contributed by atoms with Crippen molar-refractivity contribution in [2.75, 3.05) is 39.8 Å². The number of likely N-dealkylation sites (tertiary alicyclic amines) is 2. The lowest BCUT2D eigenvalue weighted by molar-refractivity contribution is -0.138. The lowest BCUT2D eigenvalue weighted by atomic mass is 9.78. The summed E-state index contributed by atoms with van der Waals surface area (Å²) in [7, 11) is 1.60. The Kier molecular flexibility index (Phi) is 7.09. The van der Waals surface area contributed by atoms with E-state index in [0.29, 0.717) is 31.9 Å². The Morgan fingerprint density at radius 3 is 2.29 bits per heavy atom. The molecule has 1 atom stereocenters. The van der Waals surface area contributed by atoms with Crippen molar-refractivity contribution < 1.29 is 28.3 Å². The number of benzene rings is 1. The van der Waals surface area contributed by atoms with Crippen LogP contribution < -0.4 is 14.8 Å². The van der Waals surface area contributed by atoms with Crippen LogP contribution >= 0.6 is 0 Å². The molecule has 2 fully saturated rings. The van der Waals surface area contributed by atoms with Crippen LogP contribution in [0.1, 0.15) is 36.7 Å². The second-order valence-corrected chi connectivity index (χ2v) is 8.99. The zero-order valence-corrected chi connectivity index (χ0v) is 19.6. The topological polar surface area (TPSA) is 101 Å². The highest BCUT2D eigenvalue weighted by molar-refractivity contribution is 5.94. The minimum absolute atomic E-state index is 0.0214. The van der Waals surface area contributed by atoms with Crippen molar-refractivity contribution in [3.05, 3.63) is 48.4 Å². The number of nitrogens with zero attached hydrogens (tertiary/aromatic N) is 2. The van der Waals surface area contributed by atoms with Gasteiger partial charge in [-0.1, -0.05) is 0 Å². The van der Waals surface area contributed by atoms with Gasteiger partial charge in [-0.05, 0) is 68.0 Å². The van der Waals surface area contributed by atoms with Crippen LogP contribution in [0.5, 0.6) is 11.5 Å². The lowest BCUT2D eigenvalue weighted by Gasteiger charge is -2.39. The molecule has 0 radical (unpaired) electrons. The Morgan fingerprint density at radius 2 is 1.68 bits per heavy atom. The van der Waals surface area contributed by atoms with Gasteiger partial charge in [-0.25, -0.2) is 0 Å². The quantitative estimate of drug-likeness (QED) is 0.668. The second kappa shape index (κ2) is 10.2. The van der Waals surface area contributed by atoms with E-state index < -0.39 is 12.0 Å². The van der Waals surface area contributed by atoms with Gasteiger partial charge in [0.25, 0.3) is 11.8 Å². The fourth-order valence-electron chi connectivity index (χ4n) is 4.69. The molecule has 2 aromatic rings. The third kappa shape index (κ3) is 5.35. The van der Waals surface area contributed by atoms with Gasteiger partial charge in [0, 0.05) is 26.2 Å². The summed E-state index contributed by atoms with van der Waals surface area (Å²) in [6, 6.07) is 10.4. The highest BCUT2D eigenvalue weighted by Crippen LogP contribution is 2.40. The van der Waals surface area contributed by atoms with Gasteiger partial charge in [-0.2, -0.15) is 0 Å². The Bertz CT molecular complexity index is 996. The van der Waals surface area contributed by atoms with E-state index in [-0.39, 0.29) is 29.5 Å². The van der Waals surface area contributed by atoms with Crippen molar-refractivity contribution in [2.24, 2.45) is 5.41 Å². The Labute approximate surface area is 199 Å². The fraction of sp³-hybridized carbons (Fsp3) is 0.480. The SMILES string of the molecule is COc1ccc(OC(C)C(=O)N2CCC3(CCN(C(=O)CNC(=O)c4ccco4)CC3)C2)cc1. The number of piperidine rings is 1. The molecule has 1 N–H and O–H groups in total. The monoisotopic (exact) mass is 469 g/mol. The summed E-state index contributed by atoms with van der Waals surface area (Å²) in [5.41, 5.74) is 0.0314. The average Bonchev–Trinajstić information content (AvgIpc) is 3.54. The van der Waals surface area contributed by atoms with Crippen molar-refractivity contribution in [3.63, 3.8) is 0 Å². The van der Waals surface area contributed by atoms with Gasteiger partial charge in [0.15, 0.2) is 11.9 Å². The molecular formula is C25H31N3O6. The Balaban J connectivity index is 1.23. The first-order chi connectivity index (χ1) is 16.4. The zero-order chi connectivity index (χ0) is 24.1. The second-order valence-electron chi connectivity index (χ2n) is 8.99. The molecule has 2 aliphatic rings. The number of rotatable bonds is 7. The number of nitrogens with one attached hydrogen (secondary N) is 1. The van der Waals surface area contributed by atoms with Crippen molar-refractivity contribution in [2.45, 2.75) is 32.3 Å². The molecule has 1 aromatic carbocycles. The predicted molar refractivity (Wildman–Crippen MR) is 124 cm³/mol. The molecule has 3 amide bonds. The molecule has 4 rings (SSSR count). The molecule has 9 nitrogen and oxygen atoms in total. The van der Waals surface area contributed by atoms with E-state index in [9.17, 15) is 14.4 Å². The molecule has 0 aliphatic carbocycles. The first-order valence-electron chi connectivity index (χ1n) is 11.6. The van der Waals surface area contributed by atoms with E-state index in [1.165, 1.54) is 6.26 Å². The van der Waals surface area contributed by atoms with Crippen LogP contribution in [0.3, 0.4) is 0 Å². The summed E-state index contributed by atoms with van der Waals surface area (Å²) in [5.74, 6) is 1.02. The smallest absolute Gasteiger partial charge is 0.287 e. The van der Waals surface area contributed by atoms with Gasteiger partial charge in [-0.15, -0.1) is 0 Å². The van der Waals surface area contributed by atoms with Gasteiger partial charge in [0.1, 0.15) is 11.5 Å². The summed E-state index contributed by atoms with van der Waals surface area (Å²) in [4.78, 5) is 41.2. The number of hydrogen-bond acceptors (Lipinski definition) is 6. The number of amides is 3. The number of furan rings is 1. The van der Waals surface area contributed by atoms with Crippen LogP contribution in [0.15, 0.2) is 47.1 Å². The summed E-state index contributed by atoms with van der Waals surface area (Å²) >= 11 is 0. The van der Waals surface area contributed by atoms with E-state index >= 15 is 0 Å². The van der Waals surface area contributed by atoms with Gasteiger partial charge >= 0.3 is 0 Å². The van der Waals surface area contributed by atoms with Crippen LogP contribution in [0, 0.1) is 5.41 Å². The van der Waals surface area contributed by atoms with Crippen LogP contribution in [0.25, 0.3) is 0 Å². The van der Waals surface area contributed by atoms with Crippen LogP contribution in [-0.4, -0.2) is 73.5 Å². The molecule has 3 heterocycles. The van der Waals surface area contributed by atoms with E-state index in [1.807, 2.05) is 4.90 Å². The van der Waals surface area contributed by atoms with Crippen molar-refractivity contribution in [1.82, 2.24) is 15.1 Å².